The Morgan fingerprint density at radius 1 is 1.00 bits per heavy atom. The van der Waals surface area contributed by atoms with Gasteiger partial charge in [-0.15, -0.1) is 0 Å². The second-order valence-electron chi connectivity index (χ2n) is 8.00. The van der Waals surface area contributed by atoms with Crippen molar-refractivity contribution in [1.29, 1.82) is 0 Å². The summed E-state index contributed by atoms with van der Waals surface area (Å²) in [7, 11) is 0. The SMILES string of the molecule is CCNCCCn1cc(C2=C(c3c[nH]c4ccccc34)C(=O)NC2=O)c2ccc(N)cc21. The highest BCUT2D eigenvalue weighted by atomic mass is 16.2. The molecular formula is C25H25N5O2. The van der Waals surface area contributed by atoms with Gasteiger partial charge < -0.3 is 20.6 Å². The summed E-state index contributed by atoms with van der Waals surface area (Å²) in [6.45, 7) is 4.68. The first kappa shape index (κ1) is 20.1. The van der Waals surface area contributed by atoms with E-state index in [0.29, 0.717) is 16.8 Å². The molecule has 0 fully saturated rings. The maximum atomic E-state index is 13.0. The Hall–Kier alpha value is -3.84. The van der Waals surface area contributed by atoms with E-state index in [4.69, 9.17) is 5.73 Å². The first-order valence-electron chi connectivity index (χ1n) is 10.8. The largest absolute Gasteiger partial charge is 0.399 e. The van der Waals surface area contributed by atoms with Gasteiger partial charge in [-0.25, -0.2) is 0 Å². The van der Waals surface area contributed by atoms with E-state index in [1.807, 2.05) is 48.7 Å². The van der Waals surface area contributed by atoms with Gasteiger partial charge in [0.15, 0.2) is 0 Å². The normalized spacial score (nSPS) is 14.2. The summed E-state index contributed by atoms with van der Waals surface area (Å²) < 4.78 is 2.12. The van der Waals surface area contributed by atoms with E-state index >= 15 is 0 Å². The molecule has 0 saturated heterocycles. The lowest BCUT2D eigenvalue weighted by Crippen LogP contribution is -2.22. The second kappa shape index (κ2) is 8.01. The molecule has 0 radical (unpaired) electrons. The van der Waals surface area contributed by atoms with Crippen molar-refractivity contribution in [2.24, 2.45) is 0 Å². The lowest BCUT2D eigenvalue weighted by Gasteiger charge is -2.06. The van der Waals surface area contributed by atoms with Crippen molar-refractivity contribution >= 4 is 50.5 Å². The number of imide groups is 1. The molecule has 5 N–H and O–H groups in total. The number of amides is 2. The van der Waals surface area contributed by atoms with Gasteiger partial charge in [-0.3, -0.25) is 14.9 Å². The fourth-order valence-corrected chi connectivity index (χ4v) is 4.49. The van der Waals surface area contributed by atoms with E-state index in [1.165, 1.54) is 0 Å². The number of rotatable bonds is 7. The van der Waals surface area contributed by atoms with Crippen LogP contribution in [0.2, 0.25) is 0 Å². The maximum Gasteiger partial charge on any atom is 0.259 e. The number of hydrogen-bond acceptors (Lipinski definition) is 4. The average Bonchev–Trinajstić information content (AvgIpc) is 3.44. The van der Waals surface area contributed by atoms with Crippen molar-refractivity contribution < 1.29 is 9.59 Å². The second-order valence-corrected chi connectivity index (χ2v) is 8.00. The highest BCUT2D eigenvalue weighted by Gasteiger charge is 2.35. The third-order valence-corrected chi connectivity index (χ3v) is 5.97. The van der Waals surface area contributed by atoms with Crippen molar-refractivity contribution in [2.75, 3.05) is 18.8 Å². The smallest absolute Gasteiger partial charge is 0.259 e. The minimum atomic E-state index is -0.377. The summed E-state index contributed by atoms with van der Waals surface area (Å²) in [5, 5.41) is 7.65. The number of hydrogen-bond donors (Lipinski definition) is 4. The van der Waals surface area contributed by atoms with E-state index in [1.54, 1.807) is 6.20 Å². The maximum absolute atomic E-state index is 13.0. The summed E-state index contributed by atoms with van der Waals surface area (Å²) in [4.78, 5) is 29.1. The molecule has 0 bridgehead atoms. The van der Waals surface area contributed by atoms with Crippen LogP contribution in [0.4, 0.5) is 5.69 Å². The molecule has 1 aliphatic rings. The van der Waals surface area contributed by atoms with Gasteiger partial charge in [-0.05, 0) is 37.7 Å². The number of anilines is 1. The number of nitrogens with one attached hydrogen (secondary N) is 3. The molecule has 3 heterocycles. The summed E-state index contributed by atoms with van der Waals surface area (Å²) in [6, 6.07) is 13.4. The zero-order chi connectivity index (χ0) is 22.2. The van der Waals surface area contributed by atoms with Crippen LogP contribution >= 0.6 is 0 Å². The Kier molecular flexibility index (Phi) is 5.03. The quantitative estimate of drug-likeness (QED) is 0.206. The van der Waals surface area contributed by atoms with Gasteiger partial charge in [0.05, 0.1) is 16.7 Å². The van der Waals surface area contributed by atoms with Gasteiger partial charge in [0.25, 0.3) is 11.8 Å². The number of para-hydroxylation sites is 1. The van der Waals surface area contributed by atoms with Crippen LogP contribution in [0.5, 0.6) is 0 Å². The number of nitrogens with two attached hydrogens (primary N) is 1. The van der Waals surface area contributed by atoms with Gasteiger partial charge >= 0.3 is 0 Å². The topological polar surface area (TPSA) is 105 Å². The van der Waals surface area contributed by atoms with Gasteiger partial charge in [-0.2, -0.15) is 0 Å². The van der Waals surface area contributed by atoms with Crippen LogP contribution in [0.3, 0.4) is 0 Å². The van der Waals surface area contributed by atoms with E-state index in [2.05, 4.69) is 27.1 Å². The third-order valence-electron chi connectivity index (χ3n) is 5.97. The van der Waals surface area contributed by atoms with Crippen molar-refractivity contribution in [3.8, 4) is 0 Å². The molecule has 4 aromatic rings. The van der Waals surface area contributed by atoms with Crippen LogP contribution in [0.15, 0.2) is 54.9 Å². The Labute approximate surface area is 185 Å². The Morgan fingerprint density at radius 3 is 2.59 bits per heavy atom. The molecule has 2 aromatic heterocycles. The first-order valence-corrected chi connectivity index (χ1v) is 10.8. The Morgan fingerprint density at radius 2 is 1.78 bits per heavy atom. The molecule has 2 amide bonds. The van der Waals surface area contributed by atoms with E-state index in [9.17, 15) is 9.59 Å². The van der Waals surface area contributed by atoms with Crippen LogP contribution < -0.4 is 16.4 Å². The minimum absolute atomic E-state index is 0.376. The Balaban J connectivity index is 1.70. The molecule has 0 unspecified atom stereocenters. The lowest BCUT2D eigenvalue weighted by atomic mass is 9.95. The molecule has 0 atom stereocenters. The van der Waals surface area contributed by atoms with Gasteiger partial charge in [0.1, 0.15) is 0 Å². The van der Waals surface area contributed by atoms with Crippen molar-refractivity contribution in [2.45, 2.75) is 19.9 Å². The number of H-pyrrole nitrogens is 1. The van der Waals surface area contributed by atoms with E-state index in [0.717, 1.165) is 59.0 Å². The summed E-state index contributed by atoms with van der Waals surface area (Å²) in [5.74, 6) is -0.753. The molecular weight excluding hydrogens is 402 g/mol. The molecule has 7 nitrogen and oxygen atoms in total. The van der Waals surface area contributed by atoms with Gasteiger partial charge in [0, 0.05) is 52.0 Å². The third kappa shape index (κ3) is 3.27. The summed E-state index contributed by atoms with van der Waals surface area (Å²) in [5.41, 5.74) is 10.9. The number of fused-ring (bicyclic) bond motifs is 2. The number of carbonyl (C=O) groups excluding carboxylic acids is 2. The molecule has 0 spiro atoms. The minimum Gasteiger partial charge on any atom is -0.399 e. The predicted molar refractivity (Wildman–Crippen MR) is 128 cm³/mol. The molecule has 0 saturated carbocycles. The Bertz CT molecular complexity index is 1390. The standard InChI is InChI=1S/C25H25N5O2/c1-2-27-10-5-11-30-14-19(17-9-8-15(26)12-21(17)30)23-22(24(31)29-25(23)32)18-13-28-20-7-4-3-6-16(18)20/h3-4,6-9,12-14,27-28H,2,5,10-11,26H2,1H3,(H,29,31,32). The highest BCUT2D eigenvalue weighted by molar-refractivity contribution is 6.50. The average molecular weight is 428 g/mol. The van der Waals surface area contributed by atoms with Gasteiger partial charge in [0.2, 0.25) is 0 Å². The molecule has 0 aliphatic carbocycles. The molecule has 162 valence electrons. The monoisotopic (exact) mass is 427 g/mol. The molecule has 2 aromatic carbocycles. The molecule has 1 aliphatic heterocycles. The summed E-state index contributed by atoms with van der Waals surface area (Å²) in [6.07, 6.45) is 4.70. The van der Waals surface area contributed by atoms with Gasteiger partial charge in [-0.1, -0.05) is 31.2 Å². The highest BCUT2D eigenvalue weighted by Crippen LogP contribution is 2.38. The summed E-state index contributed by atoms with van der Waals surface area (Å²) >= 11 is 0. The van der Waals surface area contributed by atoms with Crippen molar-refractivity contribution in [3.05, 3.63) is 66.0 Å². The number of aryl methyl sites for hydroxylation is 1. The van der Waals surface area contributed by atoms with Crippen molar-refractivity contribution in [1.82, 2.24) is 20.2 Å². The van der Waals surface area contributed by atoms with Crippen LogP contribution in [0.1, 0.15) is 24.5 Å². The van der Waals surface area contributed by atoms with E-state index < -0.39 is 0 Å². The number of aromatic amines is 1. The van der Waals surface area contributed by atoms with Crippen LogP contribution in [0.25, 0.3) is 33.0 Å². The molecule has 5 rings (SSSR count). The predicted octanol–water partition coefficient (Wildman–Crippen LogP) is 3.27. The zero-order valence-electron chi connectivity index (χ0n) is 17.9. The fourth-order valence-electron chi connectivity index (χ4n) is 4.49. The lowest BCUT2D eigenvalue weighted by molar-refractivity contribution is -0.122. The first-order chi connectivity index (χ1) is 15.6. The number of carbonyl (C=O) groups is 2. The van der Waals surface area contributed by atoms with Crippen LogP contribution in [0, 0.1) is 0 Å². The number of nitrogen functional groups attached to an aromatic ring is 1. The van der Waals surface area contributed by atoms with Crippen molar-refractivity contribution in [3.63, 3.8) is 0 Å². The molecule has 32 heavy (non-hydrogen) atoms. The van der Waals surface area contributed by atoms with Crippen LogP contribution in [-0.4, -0.2) is 34.5 Å². The molecule has 7 heteroatoms. The number of nitrogens with zero attached hydrogens (tertiary/aromatic N) is 1. The van der Waals surface area contributed by atoms with E-state index in [-0.39, 0.29) is 11.8 Å². The zero-order valence-corrected chi connectivity index (χ0v) is 17.9. The fraction of sp³-hybridized carbons (Fsp3) is 0.200. The number of benzene rings is 2. The number of aromatic nitrogens is 2. The van der Waals surface area contributed by atoms with Crippen LogP contribution in [-0.2, 0) is 16.1 Å².